The van der Waals surface area contributed by atoms with E-state index in [9.17, 15) is 9.59 Å². The molecule has 2 saturated heterocycles. The minimum atomic E-state index is -0.115. The maximum atomic E-state index is 13.2. The highest BCUT2D eigenvalue weighted by molar-refractivity contribution is 6.04. The number of hydrogen-bond acceptors (Lipinski definition) is 3. The number of carbonyl (C=O) groups is 2. The fourth-order valence-corrected chi connectivity index (χ4v) is 5.35. The number of rotatable bonds is 3. The van der Waals surface area contributed by atoms with Crippen molar-refractivity contribution in [2.24, 2.45) is 11.8 Å². The lowest BCUT2D eigenvalue weighted by Crippen LogP contribution is -3.13. The normalized spacial score (nSPS) is 33.0. The summed E-state index contributed by atoms with van der Waals surface area (Å²) in [7, 11) is 0. The molecule has 4 rings (SSSR count). The van der Waals surface area contributed by atoms with E-state index in [0.29, 0.717) is 6.42 Å². The summed E-state index contributed by atoms with van der Waals surface area (Å²) in [5.41, 5.74) is 1.39. The van der Waals surface area contributed by atoms with Crippen molar-refractivity contribution < 1.29 is 19.2 Å². The van der Waals surface area contributed by atoms with Crippen molar-refractivity contribution in [2.75, 3.05) is 26.3 Å². The number of amides is 2. The van der Waals surface area contributed by atoms with Gasteiger partial charge in [0, 0.05) is 18.4 Å². The van der Waals surface area contributed by atoms with Gasteiger partial charge in [0.05, 0.1) is 19.1 Å². The van der Waals surface area contributed by atoms with Crippen molar-refractivity contribution in [3.05, 3.63) is 11.8 Å². The summed E-state index contributed by atoms with van der Waals surface area (Å²) in [6.45, 7) is 3.57. The van der Waals surface area contributed by atoms with Crippen LogP contribution in [0.4, 0.5) is 0 Å². The van der Waals surface area contributed by atoms with Crippen molar-refractivity contribution in [1.82, 2.24) is 4.90 Å². The summed E-state index contributed by atoms with van der Waals surface area (Å²) >= 11 is 0. The van der Waals surface area contributed by atoms with Gasteiger partial charge in [-0.1, -0.05) is 19.3 Å². The number of nitrogens with zero attached hydrogens (tertiary/aromatic N) is 1. The molecule has 2 aliphatic carbocycles. The largest absolute Gasteiger partial charge is 0.370 e. The molecular formula is C20H31N2O3+. The molecule has 0 unspecified atom stereocenters. The van der Waals surface area contributed by atoms with Crippen LogP contribution >= 0.6 is 0 Å². The van der Waals surface area contributed by atoms with Crippen LogP contribution in [0.15, 0.2) is 11.8 Å². The molecular weight excluding hydrogens is 316 g/mol. The molecule has 2 atom stereocenters. The summed E-state index contributed by atoms with van der Waals surface area (Å²) in [5, 5.41) is 0. The molecule has 138 valence electrons. The number of ether oxygens (including phenoxy) is 1. The van der Waals surface area contributed by atoms with Gasteiger partial charge in [-0.15, -0.1) is 0 Å². The van der Waals surface area contributed by atoms with E-state index in [0.717, 1.165) is 71.2 Å². The molecule has 4 aliphatic rings. The molecule has 1 saturated carbocycles. The van der Waals surface area contributed by atoms with E-state index in [-0.39, 0.29) is 29.7 Å². The Bertz CT molecular complexity index is 547. The Kier molecular flexibility index (Phi) is 5.23. The van der Waals surface area contributed by atoms with E-state index in [2.05, 4.69) is 6.08 Å². The van der Waals surface area contributed by atoms with Gasteiger partial charge in [-0.25, -0.2) is 0 Å². The number of carbonyl (C=O) groups excluding carboxylic acids is 2. The molecule has 0 aromatic rings. The molecule has 3 fully saturated rings. The molecule has 0 aromatic carbocycles. The Morgan fingerprint density at radius 1 is 0.960 bits per heavy atom. The monoisotopic (exact) mass is 347 g/mol. The zero-order valence-electron chi connectivity index (χ0n) is 15.2. The van der Waals surface area contributed by atoms with Crippen LogP contribution in [0.25, 0.3) is 0 Å². The smallest absolute Gasteiger partial charge is 0.233 e. The highest BCUT2D eigenvalue weighted by Gasteiger charge is 2.48. The van der Waals surface area contributed by atoms with Gasteiger partial charge < -0.3 is 9.64 Å². The van der Waals surface area contributed by atoms with E-state index in [1.165, 1.54) is 17.0 Å². The van der Waals surface area contributed by atoms with Gasteiger partial charge in [0.15, 0.2) is 0 Å². The summed E-state index contributed by atoms with van der Waals surface area (Å²) < 4.78 is 5.51. The van der Waals surface area contributed by atoms with Crippen molar-refractivity contribution in [3.8, 4) is 0 Å². The van der Waals surface area contributed by atoms with E-state index >= 15 is 0 Å². The first-order valence-electron chi connectivity index (χ1n) is 10.2. The van der Waals surface area contributed by atoms with Crippen LogP contribution in [0.5, 0.6) is 0 Å². The van der Waals surface area contributed by atoms with Crippen molar-refractivity contribution in [1.29, 1.82) is 0 Å². The quantitative estimate of drug-likeness (QED) is 0.783. The zero-order valence-corrected chi connectivity index (χ0v) is 15.2. The first kappa shape index (κ1) is 17.2. The van der Waals surface area contributed by atoms with Crippen LogP contribution in [0.1, 0.15) is 57.8 Å². The average Bonchev–Trinajstić information content (AvgIpc) is 2.97. The van der Waals surface area contributed by atoms with Crippen LogP contribution in [0.3, 0.4) is 0 Å². The minimum Gasteiger partial charge on any atom is -0.370 e. The number of allylic oxidation sites excluding steroid dienone is 2. The number of imide groups is 1. The van der Waals surface area contributed by atoms with Gasteiger partial charge in [0.25, 0.3) is 0 Å². The molecule has 5 heteroatoms. The minimum absolute atomic E-state index is 0.0869. The van der Waals surface area contributed by atoms with Gasteiger partial charge >= 0.3 is 0 Å². The van der Waals surface area contributed by atoms with Crippen molar-refractivity contribution >= 4 is 11.8 Å². The average molecular weight is 347 g/mol. The second kappa shape index (κ2) is 7.58. The molecule has 2 amide bonds. The molecule has 2 aliphatic heterocycles. The van der Waals surface area contributed by atoms with Crippen LogP contribution in [0, 0.1) is 11.8 Å². The lowest BCUT2D eigenvalue weighted by molar-refractivity contribution is -0.874. The Balaban J connectivity index is 1.51. The lowest BCUT2D eigenvalue weighted by atomic mass is 9.80. The Morgan fingerprint density at radius 3 is 2.48 bits per heavy atom. The highest BCUT2D eigenvalue weighted by atomic mass is 16.5. The third-order valence-corrected chi connectivity index (χ3v) is 6.63. The number of likely N-dealkylation sites (tertiary alicyclic amines) is 1. The fraction of sp³-hybridized carbons (Fsp3) is 0.800. The van der Waals surface area contributed by atoms with E-state index in [1.807, 2.05) is 0 Å². The number of hydrogen-bond donors (Lipinski definition) is 1. The van der Waals surface area contributed by atoms with E-state index in [4.69, 9.17) is 4.74 Å². The molecule has 0 bridgehead atoms. The van der Waals surface area contributed by atoms with Crippen molar-refractivity contribution in [2.45, 2.75) is 63.8 Å². The summed E-state index contributed by atoms with van der Waals surface area (Å²) in [6.07, 6.45) is 11.6. The second-order valence-corrected chi connectivity index (χ2v) is 8.12. The highest BCUT2D eigenvalue weighted by Crippen LogP contribution is 2.38. The predicted molar refractivity (Wildman–Crippen MR) is 93.8 cm³/mol. The fourth-order valence-electron chi connectivity index (χ4n) is 5.35. The van der Waals surface area contributed by atoms with E-state index in [1.54, 1.807) is 4.90 Å². The lowest BCUT2D eigenvalue weighted by Gasteiger charge is -2.35. The number of nitrogens with one attached hydrogen (secondary N) is 1. The Morgan fingerprint density at radius 2 is 1.72 bits per heavy atom. The first-order chi connectivity index (χ1) is 12.3. The predicted octanol–water partition coefficient (Wildman–Crippen LogP) is 1.29. The molecule has 1 N–H and O–H groups in total. The SMILES string of the molecule is O=C1C[C@H]([C@H]2CCCC=C2[NH+]2CCOCC2)C(=O)N1C1CCCCC1. The molecule has 0 radical (unpaired) electrons. The molecule has 0 aromatic heterocycles. The molecule has 0 spiro atoms. The Labute approximate surface area is 150 Å². The zero-order chi connectivity index (χ0) is 17.2. The number of quaternary nitrogens is 1. The molecule has 25 heavy (non-hydrogen) atoms. The van der Waals surface area contributed by atoms with Crippen LogP contribution in [-0.2, 0) is 14.3 Å². The first-order valence-corrected chi connectivity index (χ1v) is 10.2. The third-order valence-electron chi connectivity index (χ3n) is 6.63. The van der Waals surface area contributed by atoms with Crippen LogP contribution < -0.4 is 4.90 Å². The van der Waals surface area contributed by atoms with Crippen molar-refractivity contribution in [3.63, 3.8) is 0 Å². The van der Waals surface area contributed by atoms with Gasteiger partial charge in [-0.3, -0.25) is 14.5 Å². The summed E-state index contributed by atoms with van der Waals surface area (Å²) in [4.78, 5) is 29.0. The van der Waals surface area contributed by atoms with Crippen LogP contribution in [0.2, 0.25) is 0 Å². The van der Waals surface area contributed by atoms with Gasteiger partial charge in [0.2, 0.25) is 11.8 Å². The van der Waals surface area contributed by atoms with Gasteiger partial charge in [-0.2, -0.15) is 0 Å². The Hall–Kier alpha value is -1.20. The van der Waals surface area contributed by atoms with Gasteiger partial charge in [0.1, 0.15) is 18.8 Å². The number of morpholine rings is 1. The molecule has 2 heterocycles. The summed E-state index contributed by atoms with van der Waals surface area (Å²) in [6, 6.07) is 0.172. The summed E-state index contributed by atoms with van der Waals surface area (Å²) in [5.74, 6) is 0.356. The topological polar surface area (TPSA) is 51.1 Å². The second-order valence-electron chi connectivity index (χ2n) is 8.12. The third kappa shape index (κ3) is 3.41. The molecule has 5 nitrogen and oxygen atoms in total. The van der Waals surface area contributed by atoms with Crippen LogP contribution in [-0.4, -0.2) is 49.1 Å². The maximum absolute atomic E-state index is 13.2. The standard InChI is InChI=1S/C20H30N2O3/c23-19-14-17(20(24)22(19)15-6-2-1-3-7-15)16-8-4-5-9-18(16)21-10-12-25-13-11-21/h9,15-17H,1-8,10-14H2/p+1/t16-,17-/m1/s1. The maximum Gasteiger partial charge on any atom is 0.233 e. The van der Waals surface area contributed by atoms with Gasteiger partial charge in [-0.05, 0) is 38.2 Å². The van der Waals surface area contributed by atoms with E-state index < -0.39 is 0 Å².